The van der Waals surface area contributed by atoms with Crippen molar-refractivity contribution in [2.75, 3.05) is 25.2 Å². The molecule has 0 unspecified atom stereocenters. The number of amidine groups is 1. The number of aliphatic imine (C=N–C) groups is 3. The molecule has 0 aliphatic rings. The van der Waals surface area contributed by atoms with Gasteiger partial charge in [-0.1, -0.05) is 31.2 Å². The van der Waals surface area contributed by atoms with E-state index in [2.05, 4.69) is 39.7 Å². The Morgan fingerprint density at radius 2 is 1.89 bits per heavy atom. The predicted octanol–water partition coefficient (Wildman–Crippen LogP) is 6.85. The smallest absolute Gasteiger partial charge is 0.250 e. The maximum Gasteiger partial charge on any atom is 0.250 e. The van der Waals surface area contributed by atoms with Crippen LogP contribution in [-0.2, 0) is 13.5 Å². The van der Waals surface area contributed by atoms with Gasteiger partial charge in [0, 0.05) is 61.0 Å². The standard InChI is InChI=1S/C32H40F2N6OS.C2H2/c1-9-26-27(22(4)39-28-12-11-25(33)15-29(28)42-8)14-20(2)10-13-30(41)40(7)32(31(26)34)24(16-35)19-37-17-21(3)18-38-23(5)36-6;1-2/h10-16,18-19,22,39H,3,9,17,35H2,1-2,4-8H3;1-2H/b13-10?,20-14?,24-16+,27-26?,32-31?,36-23?,37-19?,38-18?;/t22-;/m1./s1. The Kier molecular flexibility index (Phi) is 16.1. The van der Waals surface area contributed by atoms with Gasteiger partial charge in [0.15, 0.2) is 5.82 Å². The number of benzene rings is 1. The van der Waals surface area contributed by atoms with E-state index in [0.717, 1.165) is 16.1 Å². The lowest BCUT2D eigenvalue weighted by molar-refractivity contribution is 0.586. The van der Waals surface area contributed by atoms with Crippen molar-refractivity contribution in [3.63, 3.8) is 0 Å². The molecule has 10 heteroatoms. The van der Waals surface area contributed by atoms with Crippen LogP contribution in [0, 0.1) is 31.4 Å². The normalized spacial score (nSPS) is 12.4. The van der Waals surface area contributed by atoms with Gasteiger partial charge in [0.1, 0.15) is 11.7 Å². The van der Waals surface area contributed by atoms with Gasteiger partial charge in [-0.15, -0.1) is 24.6 Å². The number of rotatable bonds is 10. The summed E-state index contributed by atoms with van der Waals surface area (Å²) in [5, 5.41) is 3.42. The van der Waals surface area contributed by atoms with Crippen LogP contribution in [0.4, 0.5) is 14.5 Å². The molecule has 0 bridgehead atoms. The molecule has 44 heavy (non-hydrogen) atoms. The third-order valence-corrected chi connectivity index (χ3v) is 7.23. The van der Waals surface area contributed by atoms with Crippen LogP contribution in [0.1, 0.15) is 49.2 Å². The molecule has 0 radical (unpaired) electrons. The van der Waals surface area contributed by atoms with Crippen LogP contribution in [0.15, 0.2) is 79.4 Å². The van der Waals surface area contributed by atoms with Crippen molar-refractivity contribution >= 4 is 41.3 Å². The molecule has 0 aliphatic carbocycles. The molecule has 0 fully saturated rings. The highest BCUT2D eigenvalue weighted by Crippen LogP contribution is 2.31. The Balaban J connectivity index is 0.00000474. The SMILES string of the molecule is C#C.C=C(C=NC(C)=NC)CN=C/C(=C\N)c1c(F)c(CC)c([C@@H](C)Nc2ccc(F)cc2SC)cc(C)ccc(=O)n1C. The number of aryl methyl sites for hydroxylation is 1. The number of hydrogen-bond acceptors (Lipinski definition) is 6. The Bertz CT molecular complexity index is 1590. The Hall–Kier alpha value is -4.49. The highest BCUT2D eigenvalue weighted by Gasteiger charge is 2.19. The lowest BCUT2D eigenvalue weighted by Gasteiger charge is -2.21. The second-order valence-corrected chi connectivity index (χ2v) is 10.4. The third-order valence-electron chi connectivity index (χ3n) is 6.45. The summed E-state index contributed by atoms with van der Waals surface area (Å²) in [4.78, 5) is 26.3. The van der Waals surface area contributed by atoms with Gasteiger partial charge >= 0.3 is 0 Å². The number of nitrogens with zero attached hydrogens (tertiary/aromatic N) is 4. The second-order valence-electron chi connectivity index (χ2n) is 9.56. The predicted molar refractivity (Wildman–Crippen MR) is 186 cm³/mol. The van der Waals surface area contributed by atoms with E-state index in [9.17, 15) is 9.18 Å². The fourth-order valence-electron chi connectivity index (χ4n) is 4.11. The van der Waals surface area contributed by atoms with Crippen LogP contribution >= 0.6 is 11.8 Å². The number of nitrogens with two attached hydrogens (primary N) is 1. The van der Waals surface area contributed by atoms with Crippen LogP contribution in [0.3, 0.4) is 0 Å². The molecule has 0 amide bonds. The average Bonchev–Trinajstić information content (AvgIpc) is 3.02. The molecule has 0 aliphatic heterocycles. The third kappa shape index (κ3) is 10.7. The lowest BCUT2D eigenvalue weighted by atomic mass is 9.97. The molecule has 0 spiro atoms. The van der Waals surface area contributed by atoms with Gasteiger partial charge in [-0.2, -0.15) is 0 Å². The second kappa shape index (κ2) is 18.9. The average molecular weight is 621 g/mol. The van der Waals surface area contributed by atoms with Gasteiger partial charge in [0.25, 0.3) is 5.56 Å². The molecule has 1 atom stereocenters. The van der Waals surface area contributed by atoms with E-state index in [1.54, 1.807) is 32.3 Å². The van der Waals surface area contributed by atoms with Gasteiger partial charge in [-0.25, -0.2) is 13.8 Å². The zero-order valence-corrected chi connectivity index (χ0v) is 27.3. The molecular weight excluding hydrogens is 578 g/mol. The molecule has 1 heterocycles. The summed E-state index contributed by atoms with van der Waals surface area (Å²) in [7, 11) is 3.14. The largest absolute Gasteiger partial charge is 0.404 e. The minimum absolute atomic E-state index is 0.00905. The maximum absolute atomic E-state index is 16.7. The number of nitrogens with one attached hydrogen (secondary N) is 1. The van der Waals surface area contributed by atoms with Gasteiger partial charge in [0.05, 0.1) is 12.2 Å². The first-order chi connectivity index (χ1) is 21.0. The number of halogens is 2. The maximum atomic E-state index is 16.7. The van der Waals surface area contributed by atoms with E-state index < -0.39 is 11.4 Å². The molecule has 3 N–H and O–H groups in total. The van der Waals surface area contributed by atoms with E-state index >= 15 is 4.39 Å². The summed E-state index contributed by atoms with van der Waals surface area (Å²) in [6, 6.07) is 9.08. The molecule has 0 saturated carbocycles. The zero-order chi connectivity index (χ0) is 33.4. The molecule has 234 valence electrons. The van der Waals surface area contributed by atoms with Crippen molar-refractivity contribution in [1.29, 1.82) is 0 Å². The van der Waals surface area contributed by atoms with Gasteiger partial charge in [-0.3, -0.25) is 14.8 Å². The first kappa shape index (κ1) is 37.5. The van der Waals surface area contributed by atoms with Gasteiger partial charge in [0.2, 0.25) is 0 Å². The minimum Gasteiger partial charge on any atom is -0.404 e. The summed E-state index contributed by atoms with van der Waals surface area (Å²) >= 11 is 1.41. The van der Waals surface area contributed by atoms with E-state index in [0.29, 0.717) is 29.0 Å². The number of hydrogen-bond donors (Lipinski definition) is 2. The topological polar surface area (TPSA) is 97.1 Å². The van der Waals surface area contributed by atoms with E-state index in [1.807, 2.05) is 33.1 Å². The van der Waals surface area contributed by atoms with Crippen molar-refractivity contribution in [2.24, 2.45) is 27.8 Å². The highest BCUT2D eigenvalue weighted by atomic mass is 32.2. The molecule has 2 rings (SSSR count). The Morgan fingerprint density at radius 3 is 2.48 bits per heavy atom. The molecule has 1 aromatic heterocycles. The summed E-state index contributed by atoms with van der Waals surface area (Å²) in [5.41, 5.74) is 8.95. The minimum atomic E-state index is -0.598. The Morgan fingerprint density at radius 1 is 1.20 bits per heavy atom. The lowest BCUT2D eigenvalue weighted by Crippen LogP contribution is -2.20. The number of anilines is 1. The summed E-state index contributed by atoms with van der Waals surface area (Å²) in [6.45, 7) is 11.5. The van der Waals surface area contributed by atoms with Crippen LogP contribution in [-0.4, -0.2) is 42.7 Å². The van der Waals surface area contributed by atoms with E-state index in [4.69, 9.17) is 5.73 Å². The van der Waals surface area contributed by atoms with Crippen molar-refractivity contribution in [1.82, 2.24) is 4.57 Å². The van der Waals surface area contributed by atoms with E-state index in [1.165, 1.54) is 54.0 Å². The van der Waals surface area contributed by atoms with Crippen molar-refractivity contribution in [3.05, 3.63) is 99.1 Å². The quantitative estimate of drug-likeness (QED) is 0.131. The molecular formula is C34H42F2N6OS. The summed E-state index contributed by atoms with van der Waals surface area (Å²) in [6.07, 6.45) is 14.4. The molecule has 1 aromatic carbocycles. The van der Waals surface area contributed by atoms with Crippen LogP contribution in [0.5, 0.6) is 0 Å². The van der Waals surface area contributed by atoms with Gasteiger partial charge < -0.3 is 15.6 Å². The first-order valence-corrected chi connectivity index (χ1v) is 15.0. The first-order valence-electron chi connectivity index (χ1n) is 13.7. The van der Waals surface area contributed by atoms with Crippen molar-refractivity contribution in [3.8, 4) is 12.8 Å². The van der Waals surface area contributed by atoms with Crippen molar-refractivity contribution in [2.45, 2.75) is 45.1 Å². The highest BCUT2D eigenvalue weighted by molar-refractivity contribution is 7.98. The molecule has 2 aromatic rings. The van der Waals surface area contributed by atoms with E-state index in [-0.39, 0.29) is 29.7 Å². The fourth-order valence-corrected chi connectivity index (χ4v) is 4.69. The van der Waals surface area contributed by atoms with Crippen LogP contribution in [0.25, 0.3) is 5.57 Å². The monoisotopic (exact) mass is 620 g/mol. The number of thioether (sulfide) groups is 1. The van der Waals surface area contributed by atoms with Gasteiger partial charge in [-0.05, 0) is 68.3 Å². The summed E-state index contributed by atoms with van der Waals surface area (Å²) in [5.74, 6) is -0.337. The molecule has 0 saturated heterocycles. The van der Waals surface area contributed by atoms with Crippen molar-refractivity contribution < 1.29 is 8.78 Å². The van der Waals surface area contributed by atoms with Crippen LogP contribution in [0.2, 0.25) is 0 Å². The Labute approximate surface area is 264 Å². The summed E-state index contributed by atoms with van der Waals surface area (Å²) < 4.78 is 31.8. The number of aromatic nitrogens is 1. The fraction of sp³-hybridized carbons (Fsp3) is 0.294. The van der Waals surface area contributed by atoms with Crippen LogP contribution < -0.4 is 16.6 Å². The number of terminal acetylenes is 1. The zero-order valence-electron chi connectivity index (χ0n) is 26.5. The number of allylic oxidation sites excluding steroid dienone is 1. The molecule has 7 nitrogen and oxygen atoms in total.